The second-order valence-electron chi connectivity index (χ2n) is 5.10. The number of amides is 1. The van der Waals surface area contributed by atoms with Crippen LogP contribution in [0.15, 0.2) is 42.0 Å². The van der Waals surface area contributed by atoms with Gasteiger partial charge in [0.25, 0.3) is 6.08 Å². The van der Waals surface area contributed by atoms with Crippen molar-refractivity contribution in [1.29, 1.82) is 0 Å². The minimum absolute atomic E-state index is 0.451. The van der Waals surface area contributed by atoms with Crippen LogP contribution in [-0.4, -0.2) is 37.6 Å². The van der Waals surface area contributed by atoms with Crippen molar-refractivity contribution >= 4 is 17.8 Å². The lowest BCUT2D eigenvalue weighted by Crippen LogP contribution is -2.60. The molecule has 0 heterocycles. The molecule has 6 nitrogen and oxygen atoms in total. The van der Waals surface area contributed by atoms with Crippen LogP contribution in [0.4, 0.5) is 8.78 Å². The first-order chi connectivity index (χ1) is 12.3. The first-order valence-corrected chi connectivity index (χ1v) is 7.33. The minimum atomic E-state index is -2.47. The van der Waals surface area contributed by atoms with Gasteiger partial charge in [-0.05, 0) is 12.1 Å². The van der Waals surface area contributed by atoms with Crippen molar-refractivity contribution < 1.29 is 32.6 Å². The molecule has 1 amide bonds. The average Bonchev–Trinajstić information content (AvgIpc) is 2.62. The van der Waals surface area contributed by atoms with E-state index in [0.29, 0.717) is 5.56 Å². The predicted molar refractivity (Wildman–Crippen MR) is 87.8 cm³/mol. The summed E-state index contributed by atoms with van der Waals surface area (Å²) in [7, 11) is 1.90. The van der Waals surface area contributed by atoms with Crippen molar-refractivity contribution in [3.8, 4) is 11.8 Å². The molecule has 1 aromatic carbocycles. The number of carbonyl (C=O) groups excluding carboxylic acids is 3. The standard InChI is InChI=1S/C18H17F2NO5/c1-12(22)21-18(16(23)25-2,17(24)26-3)11-14(15(19)20)10-9-13-7-5-4-6-8-13/h4-8H,11H2,1-3H3,(H,21,22). The summed E-state index contributed by atoms with van der Waals surface area (Å²) >= 11 is 0. The lowest BCUT2D eigenvalue weighted by molar-refractivity contribution is -0.165. The number of methoxy groups -OCH3 is 2. The highest BCUT2D eigenvalue weighted by molar-refractivity contribution is 6.08. The smallest absolute Gasteiger partial charge is 0.343 e. The monoisotopic (exact) mass is 365 g/mol. The summed E-state index contributed by atoms with van der Waals surface area (Å²) in [5.41, 5.74) is -2.83. The molecule has 0 aromatic heterocycles. The topological polar surface area (TPSA) is 81.7 Å². The maximum atomic E-state index is 13.4. The Hall–Kier alpha value is -3.21. The summed E-state index contributed by atoms with van der Waals surface area (Å²) < 4.78 is 35.8. The molecule has 0 unspecified atom stereocenters. The molecular formula is C18H17F2NO5. The first-order valence-electron chi connectivity index (χ1n) is 7.33. The highest BCUT2D eigenvalue weighted by Gasteiger charge is 2.50. The molecular weight excluding hydrogens is 348 g/mol. The Morgan fingerprint density at radius 2 is 1.62 bits per heavy atom. The molecule has 0 fully saturated rings. The van der Waals surface area contributed by atoms with Crippen molar-refractivity contribution in [3.05, 3.63) is 47.5 Å². The van der Waals surface area contributed by atoms with E-state index in [4.69, 9.17) is 0 Å². The maximum absolute atomic E-state index is 13.4. The Kier molecular flexibility index (Phi) is 7.47. The molecule has 0 radical (unpaired) electrons. The van der Waals surface area contributed by atoms with Crippen LogP contribution in [-0.2, 0) is 23.9 Å². The molecule has 26 heavy (non-hydrogen) atoms. The van der Waals surface area contributed by atoms with Gasteiger partial charge in [-0.25, -0.2) is 9.59 Å². The van der Waals surface area contributed by atoms with Crippen LogP contribution in [0.2, 0.25) is 0 Å². The summed E-state index contributed by atoms with van der Waals surface area (Å²) in [6, 6.07) is 8.27. The van der Waals surface area contributed by atoms with Gasteiger partial charge in [0, 0.05) is 18.9 Å². The Balaban J connectivity index is 3.39. The van der Waals surface area contributed by atoms with E-state index in [1.165, 1.54) is 0 Å². The van der Waals surface area contributed by atoms with E-state index in [9.17, 15) is 23.2 Å². The number of carbonyl (C=O) groups is 3. The highest BCUT2D eigenvalue weighted by Crippen LogP contribution is 2.24. The molecule has 0 aliphatic heterocycles. The van der Waals surface area contributed by atoms with Crippen LogP contribution in [0.5, 0.6) is 0 Å². The number of ether oxygens (including phenoxy) is 2. The highest BCUT2D eigenvalue weighted by atomic mass is 19.3. The van der Waals surface area contributed by atoms with Crippen molar-refractivity contribution in [2.45, 2.75) is 18.9 Å². The Morgan fingerprint density at radius 1 is 1.08 bits per heavy atom. The fourth-order valence-corrected chi connectivity index (χ4v) is 2.12. The van der Waals surface area contributed by atoms with Crippen molar-refractivity contribution in [2.24, 2.45) is 0 Å². The number of hydrogen-bond donors (Lipinski definition) is 1. The van der Waals surface area contributed by atoms with Gasteiger partial charge in [-0.1, -0.05) is 30.0 Å². The number of nitrogens with one attached hydrogen (secondary N) is 1. The Morgan fingerprint density at radius 3 is 2.04 bits per heavy atom. The molecule has 1 rings (SSSR count). The van der Waals surface area contributed by atoms with Crippen LogP contribution in [0, 0.1) is 11.8 Å². The third-order valence-corrected chi connectivity index (χ3v) is 3.26. The molecule has 0 aliphatic carbocycles. The molecule has 8 heteroatoms. The molecule has 0 saturated carbocycles. The Labute approximate surface area is 149 Å². The van der Waals surface area contributed by atoms with Gasteiger partial charge in [-0.2, -0.15) is 8.78 Å². The van der Waals surface area contributed by atoms with E-state index in [1.807, 2.05) is 0 Å². The van der Waals surface area contributed by atoms with Gasteiger partial charge in [-0.15, -0.1) is 0 Å². The van der Waals surface area contributed by atoms with Gasteiger partial charge < -0.3 is 14.8 Å². The van der Waals surface area contributed by atoms with Crippen LogP contribution in [0.3, 0.4) is 0 Å². The van der Waals surface area contributed by atoms with Gasteiger partial charge >= 0.3 is 11.9 Å². The summed E-state index contributed by atoms with van der Waals surface area (Å²) in [5.74, 6) is 1.44. The Bertz CT molecular complexity index is 758. The first kappa shape index (κ1) is 20.8. The molecule has 0 spiro atoms. The lowest BCUT2D eigenvalue weighted by atomic mass is 9.90. The number of hydrogen-bond acceptors (Lipinski definition) is 5. The van der Waals surface area contributed by atoms with E-state index in [2.05, 4.69) is 26.6 Å². The second kappa shape index (κ2) is 9.32. The zero-order chi connectivity index (χ0) is 19.7. The van der Waals surface area contributed by atoms with E-state index < -0.39 is 41.5 Å². The molecule has 0 atom stereocenters. The number of rotatable bonds is 5. The SMILES string of the molecule is COC(=O)C(CC(C#Cc1ccccc1)=C(F)F)(NC(C)=O)C(=O)OC. The van der Waals surface area contributed by atoms with E-state index in [0.717, 1.165) is 21.1 Å². The average molecular weight is 365 g/mol. The number of esters is 2. The summed E-state index contributed by atoms with van der Waals surface area (Å²) in [6.45, 7) is 1.02. The van der Waals surface area contributed by atoms with Crippen molar-refractivity contribution in [1.82, 2.24) is 5.32 Å². The fraction of sp³-hybridized carbons (Fsp3) is 0.278. The molecule has 0 bridgehead atoms. The zero-order valence-corrected chi connectivity index (χ0v) is 14.4. The van der Waals surface area contributed by atoms with Gasteiger partial charge in [0.2, 0.25) is 11.4 Å². The van der Waals surface area contributed by atoms with Crippen LogP contribution < -0.4 is 5.32 Å². The third-order valence-electron chi connectivity index (χ3n) is 3.26. The fourth-order valence-electron chi connectivity index (χ4n) is 2.12. The quantitative estimate of drug-likeness (QED) is 0.489. The largest absolute Gasteiger partial charge is 0.467 e. The van der Waals surface area contributed by atoms with E-state index in [1.54, 1.807) is 30.3 Å². The molecule has 1 aromatic rings. The summed E-state index contributed by atoms with van der Waals surface area (Å²) in [5, 5.41) is 2.06. The minimum Gasteiger partial charge on any atom is -0.467 e. The normalized spacial score (nSPS) is 10.0. The van der Waals surface area contributed by atoms with Crippen LogP contribution in [0.25, 0.3) is 0 Å². The summed E-state index contributed by atoms with van der Waals surface area (Å²) in [6.07, 6.45) is -3.12. The van der Waals surface area contributed by atoms with Crippen LogP contribution in [0.1, 0.15) is 18.9 Å². The second-order valence-corrected chi connectivity index (χ2v) is 5.10. The third kappa shape index (κ3) is 5.14. The molecule has 138 valence electrons. The van der Waals surface area contributed by atoms with E-state index in [-0.39, 0.29) is 0 Å². The van der Waals surface area contributed by atoms with Gasteiger partial charge in [0.05, 0.1) is 19.8 Å². The van der Waals surface area contributed by atoms with Crippen molar-refractivity contribution in [3.63, 3.8) is 0 Å². The van der Waals surface area contributed by atoms with Gasteiger partial charge in [0.15, 0.2) is 0 Å². The molecule has 0 aliphatic rings. The van der Waals surface area contributed by atoms with Gasteiger partial charge in [0.1, 0.15) is 0 Å². The number of benzene rings is 1. The number of halogens is 2. The predicted octanol–water partition coefficient (Wildman–Crippen LogP) is 1.80. The summed E-state index contributed by atoms with van der Waals surface area (Å²) in [4.78, 5) is 35.8. The lowest BCUT2D eigenvalue weighted by Gasteiger charge is -2.28. The van der Waals surface area contributed by atoms with Crippen LogP contribution >= 0.6 is 0 Å². The maximum Gasteiger partial charge on any atom is 0.343 e. The zero-order valence-electron chi connectivity index (χ0n) is 14.4. The van der Waals surface area contributed by atoms with Crippen molar-refractivity contribution in [2.75, 3.05) is 14.2 Å². The van der Waals surface area contributed by atoms with E-state index >= 15 is 0 Å². The molecule has 0 saturated heterocycles. The molecule has 1 N–H and O–H groups in total. The van der Waals surface area contributed by atoms with Gasteiger partial charge in [-0.3, -0.25) is 4.79 Å².